The van der Waals surface area contributed by atoms with E-state index >= 15 is 0 Å². The van der Waals surface area contributed by atoms with E-state index in [-0.39, 0.29) is 11.4 Å². The van der Waals surface area contributed by atoms with E-state index in [2.05, 4.69) is 16.9 Å². The fourth-order valence-corrected chi connectivity index (χ4v) is 3.59. The maximum absolute atomic E-state index is 14.1. The molecule has 5 N–H and O–H groups in total. The third kappa shape index (κ3) is 4.22. The fourth-order valence-electron chi connectivity index (χ4n) is 3.59. The van der Waals surface area contributed by atoms with Gasteiger partial charge in [0.05, 0.1) is 11.1 Å². The van der Waals surface area contributed by atoms with Gasteiger partial charge in [0.25, 0.3) is 0 Å². The van der Waals surface area contributed by atoms with Crippen molar-refractivity contribution in [2.45, 2.75) is 27.2 Å². The summed E-state index contributed by atoms with van der Waals surface area (Å²) < 4.78 is 14.1. The van der Waals surface area contributed by atoms with E-state index in [9.17, 15) is 9.18 Å². The number of aromatic carboxylic acids is 1. The summed E-state index contributed by atoms with van der Waals surface area (Å²) in [5, 5.41) is 13.4. The van der Waals surface area contributed by atoms with Crippen LogP contribution in [0.2, 0.25) is 0 Å². The van der Waals surface area contributed by atoms with E-state index in [1.807, 2.05) is 26.8 Å². The van der Waals surface area contributed by atoms with Gasteiger partial charge in [-0.1, -0.05) is 12.6 Å². The lowest BCUT2D eigenvalue weighted by molar-refractivity contribution is 0.0697. The second-order valence-corrected chi connectivity index (χ2v) is 7.47. The summed E-state index contributed by atoms with van der Waals surface area (Å²) >= 11 is 0. The van der Waals surface area contributed by atoms with E-state index in [0.717, 1.165) is 33.5 Å². The molecule has 0 saturated carbocycles. The number of carbonyl (C=O) groups is 1. The fraction of sp³-hybridized carbons (Fsp3) is 0.208. The summed E-state index contributed by atoms with van der Waals surface area (Å²) in [7, 11) is 0. The number of hydrogen-bond acceptors (Lipinski definition) is 3. The Hall–Kier alpha value is -3.54. The Kier molecular flexibility index (Phi) is 5.96. The quantitative estimate of drug-likeness (QED) is 0.329. The van der Waals surface area contributed by atoms with Gasteiger partial charge < -0.3 is 21.1 Å². The van der Waals surface area contributed by atoms with Gasteiger partial charge >= 0.3 is 5.97 Å². The van der Waals surface area contributed by atoms with Crippen LogP contribution >= 0.6 is 0 Å². The summed E-state index contributed by atoms with van der Waals surface area (Å²) in [4.78, 5) is 14.3. The van der Waals surface area contributed by atoms with Crippen molar-refractivity contribution in [2.24, 2.45) is 0 Å². The van der Waals surface area contributed by atoms with Gasteiger partial charge in [-0.25, -0.2) is 9.18 Å². The average Bonchev–Trinajstić information content (AvgIpc) is 3.03. The lowest BCUT2D eigenvalue weighted by Gasteiger charge is -2.12. The van der Waals surface area contributed by atoms with Crippen LogP contribution in [0.4, 0.5) is 10.1 Å². The Labute approximate surface area is 175 Å². The Morgan fingerprint density at radius 2 is 2.03 bits per heavy atom. The molecule has 156 valence electrons. The van der Waals surface area contributed by atoms with Gasteiger partial charge in [-0.2, -0.15) is 0 Å². The number of fused-ring (bicyclic) bond motifs is 1. The highest BCUT2D eigenvalue weighted by atomic mass is 19.1. The number of H-pyrrole nitrogens is 1. The largest absolute Gasteiger partial charge is 0.478 e. The number of aryl methyl sites for hydroxylation is 2. The van der Waals surface area contributed by atoms with Gasteiger partial charge in [0.1, 0.15) is 5.82 Å². The van der Waals surface area contributed by atoms with E-state index in [1.165, 1.54) is 12.1 Å². The summed E-state index contributed by atoms with van der Waals surface area (Å²) in [6.45, 7) is 10.5. The maximum atomic E-state index is 14.1. The summed E-state index contributed by atoms with van der Waals surface area (Å²) in [6.07, 6.45) is 2.52. The average molecular weight is 407 g/mol. The minimum atomic E-state index is -1.000. The number of aromatic amines is 1. The van der Waals surface area contributed by atoms with Gasteiger partial charge in [0, 0.05) is 29.0 Å². The van der Waals surface area contributed by atoms with E-state index in [4.69, 9.17) is 10.8 Å². The van der Waals surface area contributed by atoms with E-state index in [0.29, 0.717) is 29.7 Å². The minimum Gasteiger partial charge on any atom is -0.478 e. The Morgan fingerprint density at radius 1 is 1.30 bits per heavy atom. The van der Waals surface area contributed by atoms with E-state index in [1.54, 1.807) is 18.2 Å². The highest BCUT2D eigenvalue weighted by Gasteiger charge is 2.14. The minimum absolute atomic E-state index is 0.180. The first-order chi connectivity index (χ1) is 14.2. The molecule has 0 amide bonds. The molecule has 3 aromatic rings. The van der Waals surface area contributed by atoms with Crippen LogP contribution in [0.1, 0.15) is 39.7 Å². The van der Waals surface area contributed by atoms with Crippen molar-refractivity contribution in [3.63, 3.8) is 0 Å². The zero-order valence-corrected chi connectivity index (χ0v) is 17.4. The van der Waals surface area contributed by atoms with Crippen LogP contribution in [0, 0.1) is 19.7 Å². The number of nitrogens with two attached hydrogens (primary N) is 1. The third-order valence-electron chi connectivity index (χ3n) is 5.32. The predicted octanol–water partition coefficient (Wildman–Crippen LogP) is 4.95. The van der Waals surface area contributed by atoms with Crippen molar-refractivity contribution >= 4 is 28.6 Å². The van der Waals surface area contributed by atoms with Crippen molar-refractivity contribution in [3.8, 4) is 0 Å². The number of rotatable bonds is 7. The SMILES string of the molecule is C=C(NCCc1c(C)[nH]c2c(F)ccc(C)c12)/C(C)=C/c1cc(C(=O)O)ccc1N. The second-order valence-electron chi connectivity index (χ2n) is 7.47. The number of anilines is 1. The van der Waals surface area contributed by atoms with Crippen molar-refractivity contribution in [1.82, 2.24) is 10.3 Å². The molecule has 0 aliphatic heterocycles. The molecule has 5 nitrogen and oxygen atoms in total. The number of nitrogen functional groups attached to an aromatic ring is 1. The van der Waals surface area contributed by atoms with E-state index < -0.39 is 5.97 Å². The smallest absolute Gasteiger partial charge is 0.335 e. The molecule has 0 fully saturated rings. The monoisotopic (exact) mass is 407 g/mol. The first kappa shape index (κ1) is 21.2. The molecule has 0 saturated heterocycles. The lowest BCUT2D eigenvalue weighted by atomic mass is 10.0. The number of hydrogen-bond donors (Lipinski definition) is 4. The van der Waals surface area contributed by atoms with Gasteiger partial charge in [-0.15, -0.1) is 0 Å². The van der Waals surface area contributed by atoms with Crippen LogP contribution in [0.25, 0.3) is 17.0 Å². The molecule has 2 aromatic carbocycles. The highest BCUT2D eigenvalue weighted by molar-refractivity contribution is 5.90. The zero-order valence-electron chi connectivity index (χ0n) is 17.4. The number of aromatic nitrogens is 1. The normalized spacial score (nSPS) is 11.7. The van der Waals surface area contributed by atoms with Crippen LogP contribution in [-0.2, 0) is 6.42 Å². The molecule has 1 heterocycles. The first-order valence-corrected chi connectivity index (χ1v) is 9.69. The molecule has 0 bridgehead atoms. The van der Waals surface area contributed by atoms with Crippen molar-refractivity contribution < 1.29 is 14.3 Å². The summed E-state index contributed by atoms with van der Waals surface area (Å²) in [5.74, 6) is -1.25. The molecule has 0 spiro atoms. The predicted molar refractivity (Wildman–Crippen MR) is 120 cm³/mol. The van der Waals surface area contributed by atoms with Crippen molar-refractivity contribution in [1.29, 1.82) is 0 Å². The molecular formula is C24H26FN3O2. The Bertz CT molecular complexity index is 1170. The molecule has 3 rings (SSSR count). The maximum Gasteiger partial charge on any atom is 0.335 e. The first-order valence-electron chi connectivity index (χ1n) is 9.69. The standard InChI is InChI=1S/C24H26FN3O2/c1-13-5-7-20(25)23-22(13)19(16(4)28-23)9-10-27-15(3)14(2)11-18-12-17(24(29)30)6-8-21(18)26/h5-8,11-12,27-28H,3,9-10,26H2,1-2,4H3,(H,29,30)/b14-11+. The van der Waals surface area contributed by atoms with Crippen LogP contribution < -0.4 is 11.1 Å². The van der Waals surface area contributed by atoms with Crippen LogP contribution in [-0.4, -0.2) is 22.6 Å². The molecular weight excluding hydrogens is 381 g/mol. The van der Waals surface area contributed by atoms with Gasteiger partial charge in [-0.05, 0) is 79.8 Å². The molecule has 6 heteroatoms. The molecule has 30 heavy (non-hydrogen) atoms. The number of allylic oxidation sites excluding steroid dienone is 1. The zero-order chi connectivity index (χ0) is 22.0. The topological polar surface area (TPSA) is 91.1 Å². The van der Waals surface area contributed by atoms with Crippen LogP contribution in [0.5, 0.6) is 0 Å². The second kappa shape index (κ2) is 8.45. The Morgan fingerprint density at radius 3 is 2.73 bits per heavy atom. The lowest BCUT2D eigenvalue weighted by Crippen LogP contribution is -2.17. The highest BCUT2D eigenvalue weighted by Crippen LogP contribution is 2.28. The molecule has 0 aliphatic carbocycles. The molecule has 0 unspecified atom stereocenters. The van der Waals surface area contributed by atoms with Crippen LogP contribution in [0.15, 0.2) is 48.2 Å². The molecule has 1 aromatic heterocycles. The number of carboxylic acids is 1. The van der Waals surface area contributed by atoms with Crippen molar-refractivity contribution in [2.75, 3.05) is 12.3 Å². The van der Waals surface area contributed by atoms with Gasteiger partial charge in [0.15, 0.2) is 0 Å². The Balaban J connectivity index is 1.73. The summed E-state index contributed by atoms with van der Waals surface area (Å²) in [5.41, 5.74) is 12.5. The third-order valence-corrected chi connectivity index (χ3v) is 5.32. The molecule has 0 atom stereocenters. The van der Waals surface area contributed by atoms with Gasteiger partial charge in [-0.3, -0.25) is 0 Å². The number of benzene rings is 2. The number of halogens is 1. The van der Waals surface area contributed by atoms with Gasteiger partial charge in [0.2, 0.25) is 0 Å². The molecule has 0 aliphatic rings. The number of carboxylic acid groups (broad SMARTS) is 1. The number of nitrogens with one attached hydrogen (secondary N) is 2. The van der Waals surface area contributed by atoms with Crippen molar-refractivity contribution in [3.05, 3.63) is 81.9 Å². The molecule has 0 radical (unpaired) electrons. The van der Waals surface area contributed by atoms with Crippen LogP contribution in [0.3, 0.4) is 0 Å². The summed E-state index contributed by atoms with van der Waals surface area (Å²) in [6, 6.07) is 7.88.